The number of pyridine rings is 1. The molecule has 2 aromatic heterocycles. The van der Waals surface area contributed by atoms with E-state index in [1.54, 1.807) is 15.8 Å². The van der Waals surface area contributed by atoms with E-state index in [2.05, 4.69) is 5.10 Å². The summed E-state index contributed by atoms with van der Waals surface area (Å²) in [5, 5.41) is 5.12. The molecule has 1 aliphatic heterocycles. The van der Waals surface area contributed by atoms with Gasteiger partial charge in [0.2, 0.25) is 5.91 Å². The number of benzene rings is 1. The molecule has 1 aromatic carbocycles. The number of amides is 2. The van der Waals surface area contributed by atoms with Crippen LogP contribution in [0.3, 0.4) is 0 Å². The van der Waals surface area contributed by atoms with E-state index in [0.717, 1.165) is 29.5 Å². The monoisotopic (exact) mass is 377 g/mol. The van der Waals surface area contributed by atoms with Crippen LogP contribution in [-0.4, -0.2) is 44.6 Å². The molecule has 1 saturated heterocycles. The summed E-state index contributed by atoms with van der Waals surface area (Å²) in [7, 11) is 0. The van der Waals surface area contributed by atoms with Gasteiger partial charge in [-0.05, 0) is 25.8 Å². The number of primary amides is 1. The lowest BCUT2D eigenvalue weighted by Crippen LogP contribution is -2.44. The molecule has 0 aliphatic carbocycles. The molecule has 3 aromatic rings. The van der Waals surface area contributed by atoms with Gasteiger partial charge in [-0.2, -0.15) is 5.10 Å². The fourth-order valence-corrected chi connectivity index (χ4v) is 3.78. The van der Waals surface area contributed by atoms with E-state index in [0.29, 0.717) is 30.8 Å². The van der Waals surface area contributed by atoms with Gasteiger partial charge in [0.05, 0.1) is 28.8 Å². The van der Waals surface area contributed by atoms with Gasteiger partial charge in [-0.1, -0.05) is 30.3 Å². The van der Waals surface area contributed by atoms with E-state index in [-0.39, 0.29) is 17.7 Å². The molecular weight excluding hydrogens is 354 g/mol. The summed E-state index contributed by atoms with van der Waals surface area (Å²) in [6, 6.07) is 11.6. The number of likely N-dealkylation sites (tertiary alicyclic amines) is 1. The summed E-state index contributed by atoms with van der Waals surface area (Å²) >= 11 is 0. The number of fused-ring (bicyclic) bond motifs is 1. The van der Waals surface area contributed by atoms with E-state index in [1.165, 1.54) is 0 Å². The Morgan fingerprint density at radius 2 is 2.04 bits per heavy atom. The van der Waals surface area contributed by atoms with Crippen LogP contribution in [0.5, 0.6) is 0 Å². The first-order valence-electron chi connectivity index (χ1n) is 9.59. The fraction of sp³-hybridized carbons (Fsp3) is 0.333. The van der Waals surface area contributed by atoms with Crippen LogP contribution in [0.2, 0.25) is 0 Å². The highest BCUT2D eigenvalue weighted by molar-refractivity contribution is 6.06. The summed E-state index contributed by atoms with van der Waals surface area (Å²) < 4.78 is 1.79. The van der Waals surface area contributed by atoms with Crippen molar-refractivity contribution in [2.24, 2.45) is 11.7 Å². The number of carbonyl (C=O) groups excluding carboxylic acids is 2. The number of nitrogens with zero attached hydrogens (tertiary/aromatic N) is 4. The minimum absolute atomic E-state index is 0.105. The highest BCUT2D eigenvalue weighted by Crippen LogP contribution is 2.27. The number of nitrogens with two attached hydrogens (primary N) is 1. The third kappa shape index (κ3) is 3.24. The number of hydrogen-bond acceptors (Lipinski definition) is 4. The van der Waals surface area contributed by atoms with Gasteiger partial charge >= 0.3 is 0 Å². The molecule has 2 amide bonds. The van der Waals surface area contributed by atoms with Crippen molar-refractivity contribution >= 4 is 22.8 Å². The van der Waals surface area contributed by atoms with Crippen LogP contribution < -0.4 is 5.73 Å². The van der Waals surface area contributed by atoms with E-state index >= 15 is 0 Å². The number of hydrogen-bond donors (Lipinski definition) is 1. The Morgan fingerprint density at radius 3 is 2.75 bits per heavy atom. The number of aryl methyl sites for hydroxylation is 1. The third-order valence-corrected chi connectivity index (χ3v) is 5.32. The lowest BCUT2D eigenvalue weighted by molar-refractivity contribution is -0.123. The molecule has 2 N–H and O–H groups in total. The first-order chi connectivity index (χ1) is 13.6. The van der Waals surface area contributed by atoms with E-state index in [9.17, 15) is 9.59 Å². The first-order valence-corrected chi connectivity index (χ1v) is 9.59. The van der Waals surface area contributed by atoms with Crippen molar-refractivity contribution in [3.8, 4) is 11.3 Å². The van der Waals surface area contributed by atoms with Crippen LogP contribution in [-0.2, 0) is 11.3 Å². The van der Waals surface area contributed by atoms with Crippen LogP contribution in [0.25, 0.3) is 22.3 Å². The van der Waals surface area contributed by atoms with Crippen LogP contribution in [0.15, 0.2) is 42.6 Å². The highest BCUT2D eigenvalue weighted by atomic mass is 16.2. The topological polar surface area (TPSA) is 94.1 Å². The van der Waals surface area contributed by atoms with E-state index in [4.69, 9.17) is 10.7 Å². The zero-order chi connectivity index (χ0) is 19.7. The van der Waals surface area contributed by atoms with Gasteiger partial charge in [0.15, 0.2) is 5.65 Å². The molecule has 7 heteroatoms. The van der Waals surface area contributed by atoms with Crippen LogP contribution >= 0.6 is 0 Å². The Labute approximate surface area is 163 Å². The maximum atomic E-state index is 13.4. The van der Waals surface area contributed by atoms with Gasteiger partial charge < -0.3 is 10.6 Å². The zero-order valence-electron chi connectivity index (χ0n) is 15.8. The Hall–Kier alpha value is -3.22. The largest absolute Gasteiger partial charge is 0.369 e. The summed E-state index contributed by atoms with van der Waals surface area (Å²) in [4.78, 5) is 31.5. The average molecular weight is 377 g/mol. The second-order valence-electron chi connectivity index (χ2n) is 7.11. The minimum atomic E-state index is -0.346. The maximum absolute atomic E-state index is 13.4. The molecule has 0 radical (unpaired) electrons. The number of aromatic nitrogens is 3. The zero-order valence-corrected chi connectivity index (χ0v) is 15.8. The lowest BCUT2D eigenvalue weighted by atomic mass is 9.96. The summed E-state index contributed by atoms with van der Waals surface area (Å²) in [5.74, 6) is -0.741. The standard InChI is InChI=1S/C21H23N5O2/c1-2-26-20-17(12-23-26)16(11-18(24-20)14-7-4-3-5-8-14)21(28)25-10-6-9-15(13-25)19(22)27/h3-5,7-8,11-12,15H,2,6,9-10,13H2,1H3,(H2,22,27). The predicted octanol–water partition coefficient (Wildman–Crippen LogP) is 2.46. The van der Waals surface area contributed by atoms with Crippen LogP contribution in [0, 0.1) is 5.92 Å². The van der Waals surface area contributed by atoms with Crippen molar-refractivity contribution in [2.45, 2.75) is 26.3 Å². The van der Waals surface area contributed by atoms with Gasteiger partial charge in [-0.3, -0.25) is 9.59 Å². The Bertz CT molecular complexity index is 1030. The Balaban J connectivity index is 1.80. The molecule has 4 rings (SSSR count). The molecule has 0 bridgehead atoms. The van der Waals surface area contributed by atoms with Gasteiger partial charge in [-0.15, -0.1) is 0 Å². The van der Waals surface area contributed by atoms with Crippen molar-refractivity contribution in [1.29, 1.82) is 0 Å². The molecule has 1 unspecified atom stereocenters. The molecule has 3 heterocycles. The molecule has 0 spiro atoms. The smallest absolute Gasteiger partial charge is 0.254 e. The molecule has 1 fully saturated rings. The normalized spacial score (nSPS) is 17.0. The van der Waals surface area contributed by atoms with Crippen molar-refractivity contribution in [2.75, 3.05) is 13.1 Å². The number of piperidine rings is 1. The summed E-state index contributed by atoms with van der Waals surface area (Å²) in [5.41, 5.74) is 8.41. The Kier molecular flexibility index (Phi) is 4.81. The SMILES string of the molecule is CCn1ncc2c(C(=O)N3CCCC(C(N)=O)C3)cc(-c3ccccc3)nc21. The molecule has 1 atom stereocenters. The molecule has 7 nitrogen and oxygen atoms in total. The van der Waals surface area contributed by atoms with Crippen LogP contribution in [0.4, 0.5) is 0 Å². The van der Waals surface area contributed by atoms with Crippen molar-refractivity contribution < 1.29 is 9.59 Å². The molecular formula is C21H23N5O2. The van der Waals surface area contributed by atoms with Crippen molar-refractivity contribution in [3.05, 3.63) is 48.2 Å². The lowest BCUT2D eigenvalue weighted by Gasteiger charge is -2.31. The van der Waals surface area contributed by atoms with E-state index in [1.807, 2.05) is 43.3 Å². The van der Waals surface area contributed by atoms with Gasteiger partial charge in [0.1, 0.15) is 0 Å². The predicted molar refractivity (Wildman–Crippen MR) is 106 cm³/mol. The molecule has 1 aliphatic rings. The fourth-order valence-electron chi connectivity index (χ4n) is 3.78. The third-order valence-electron chi connectivity index (χ3n) is 5.32. The van der Waals surface area contributed by atoms with Crippen molar-refractivity contribution in [3.63, 3.8) is 0 Å². The Morgan fingerprint density at radius 1 is 1.25 bits per heavy atom. The molecule has 0 saturated carbocycles. The van der Waals surface area contributed by atoms with Gasteiger partial charge in [0, 0.05) is 25.2 Å². The van der Waals surface area contributed by atoms with Gasteiger partial charge in [0.25, 0.3) is 5.91 Å². The number of rotatable bonds is 4. The van der Waals surface area contributed by atoms with Crippen molar-refractivity contribution in [1.82, 2.24) is 19.7 Å². The minimum Gasteiger partial charge on any atom is -0.369 e. The quantitative estimate of drug-likeness (QED) is 0.756. The molecule has 28 heavy (non-hydrogen) atoms. The summed E-state index contributed by atoms with van der Waals surface area (Å²) in [6.45, 7) is 3.64. The molecule has 144 valence electrons. The second kappa shape index (κ2) is 7.42. The second-order valence-corrected chi connectivity index (χ2v) is 7.11. The van der Waals surface area contributed by atoms with Gasteiger partial charge in [-0.25, -0.2) is 9.67 Å². The highest BCUT2D eigenvalue weighted by Gasteiger charge is 2.29. The van der Waals surface area contributed by atoms with E-state index < -0.39 is 0 Å². The first kappa shape index (κ1) is 18.2. The number of carbonyl (C=O) groups is 2. The maximum Gasteiger partial charge on any atom is 0.254 e. The van der Waals surface area contributed by atoms with Crippen LogP contribution in [0.1, 0.15) is 30.1 Å². The summed E-state index contributed by atoms with van der Waals surface area (Å²) in [6.07, 6.45) is 3.20. The average Bonchev–Trinajstić information content (AvgIpc) is 3.16.